The zero-order valence-corrected chi connectivity index (χ0v) is 15.3. The summed E-state index contributed by atoms with van der Waals surface area (Å²) >= 11 is 0. The molecule has 144 valence electrons. The predicted octanol–water partition coefficient (Wildman–Crippen LogP) is 2.07. The van der Waals surface area contributed by atoms with Crippen LogP contribution in [0.2, 0.25) is 0 Å². The molecule has 8 nitrogen and oxygen atoms in total. The highest BCUT2D eigenvalue weighted by Crippen LogP contribution is 2.20. The number of rotatable bonds is 6. The Morgan fingerprint density at radius 1 is 1.04 bits per heavy atom. The topological polar surface area (TPSA) is 118 Å². The third-order valence-electron chi connectivity index (χ3n) is 3.67. The molecule has 2 atom stereocenters. The molecule has 0 aliphatic carbocycles. The molecule has 0 heterocycles. The lowest BCUT2D eigenvalue weighted by Gasteiger charge is -2.20. The highest BCUT2D eigenvalue weighted by Gasteiger charge is 2.29. The number of carbonyl (C=O) groups is 3. The second-order valence-electron chi connectivity index (χ2n) is 5.69. The van der Waals surface area contributed by atoms with Crippen molar-refractivity contribution in [3.05, 3.63) is 65.7 Å². The van der Waals surface area contributed by atoms with E-state index < -0.39 is 30.1 Å². The number of nitriles is 1. The Balaban J connectivity index is 2.11. The van der Waals surface area contributed by atoms with Crippen molar-refractivity contribution in [2.24, 2.45) is 0 Å². The molecular weight excluding hydrogens is 362 g/mol. The summed E-state index contributed by atoms with van der Waals surface area (Å²) in [7, 11) is 1.36. The zero-order chi connectivity index (χ0) is 20.5. The highest BCUT2D eigenvalue weighted by molar-refractivity contribution is 5.97. The number of benzene rings is 2. The van der Waals surface area contributed by atoms with Crippen LogP contribution < -0.4 is 15.4 Å². The molecule has 0 saturated heterocycles. The summed E-state index contributed by atoms with van der Waals surface area (Å²) in [6.45, 7) is 1.47. The molecule has 2 aromatic rings. The van der Waals surface area contributed by atoms with Crippen LogP contribution >= 0.6 is 0 Å². The third kappa shape index (κ3) is 5.57. The van der Waals surface area contributed by atoms with Gasteiger partial charge in [0.2, 0.25) is 6.10 Å². The van der Waals surface area contributed by atoms with Crippen molar-refractivity contribution in [1.82, 2.24) is 10.6 Å². The Bertz CT molecular complexity index is 875. The fourth-order valence-corrected chi connectivity index (χ4v) is 2.21. The van der Waals surface area contributed by atoms with Crippen molar-refractivity contribution in [2.45, 2.75) is 19.1 Å². The van der Waals surface area contributed by atoms with E-state index in [0.717, 1.165) is 0 Å². The van der Waals surface area contributed by atoms with E-state index in [1.165, 1.54) is 14.0 Å². The molecule has 0 spiro atoms. The van der Waals surface area contributed by atoms with Crippen LogP contribution in [0.1, 0.15) is 24.2 Å². The van der Waals surface area contributed by atoms with Gasteiger partial charge in [0.1, 0.15) is 5.75 Å². The van der Waals surface area contributed by atoms with E-state index in [1.807, 2.05) is 6.07 Å². The summed E-state index contributed by atoms with van der Waals surface area (Å²) < 4.78 is 10.8. The number of carbonyl (C=O) groups excluding carboxylic acids is 3. The van der Waals surface area contributed by atoms with Gasteiger partial charge in [0.15, 0.2) is 6.10 Å². The maximum Gasteiger partial charge on any atom is 0.348 e. The molecule has 0 radical (unpaired) electrons. The second kappa shape index (κ2) is 9.73. The van der Waals surface area contributed by atoms with E-state index in [9.17, 15) is 14.4 Å². The van der Waals surface area contributed by atoms with Gasteiger partial charge in [0.25, 0.3) is 5.91 Å². The van der Waals surface area contributed by atoms with Gasteiger partial charge in [-0.3, -0.25) is 10.1 Å². The van der Waals surface area contributed by atoms with Crippen LogP contribution in [0.4, 0.5) is 4.79 Å². The standard InChI is InChI=1S/C20H19N3O5/c1-13(27-16-10-8-14(12-21)9-11-16)19(25)28-17(15-6-4-3-5-7-15)18(24)23-20(26)22-2/h3-11,13,17H,1-2H3,(H2,22,23,24,26)/t13-,17-/m1/s1. The molecule has 2 aromatic carbocycles. The zero-order valence-electron chi connectivity index (χ0n) is 15.3. The first-order valence-corrected chi connectivity index (χ1v) is 8.39. The monoisotopic (exact) mass is 381 g/mol. The van der Waals surface area contributed by atoms with Gasteiger partial charge in [-0.05, 0) is 31.2 Å². The lowest BCUT2D eigenvalue weighted by Crippen LogP contribution is -2.42. The van der Waals surface area contributed by atoms with E-state index in [1.54, 1.807) is 54.6 Å². The molecule has 0 aliphatic heterocycles. The number of ether oxygens (including phenoxy) is 2. The first-order chi connectivity index (χ1) is 13.4. The summed E-state index contributed by atoms with van der Waals surface area (Å²) in [5, 5.41) is 13.2. The quantitative estimate of drug-likeness (QED) is 0.740. The summed E-state index contributed by atoms with van der Waals surface area (Å²) in [6, 6.07) is 15.8. The number of nitrogens with zero attached hydrogens (tertiary/aromatic N) is 1. The van der Waals surface area contributed by atoms with Gasteiger partial charge in [-0.25, -0.2) is 9.59 Å². The number of hydrogen-bond acceptors (Lipinski definition) is 6. The van der Waals surface area contributed by atoms with E-state index >= 15 is 0 Å². The van der Waals surface area contributed by atoms with E-state index in [0.29, 0.717) is 16.9 Å². The fraction of sp³-hybridized carbons (Fsp3) is 0.200. The van der Waals surface area contributed by atoms with Gasteiger partial charge >= 0.3 is 12.0 Å². The normalized spacial score (nSPS) is 12.0. The Labute approximate surface area is 162 Å². The van der Waals surface area contributed by atoms with Crippen LogP contribution in [-0.4, -0.2) is 31.1 Å². The molecule has 28 heavy (non-hydrogen) atoms. The Kier molecular flexibility index (Phi) is 7.11. The van der Waals surface area contributed by atoms with Gasteiger partial charge in [-0.2, -0.15) is 5.26 Å². The highest BCUT2D eigenvalue weighted by atomic mass is 16.6. The van der Waals surface area contributed by atoms with Crippen molar-refractivity contribution < 1.29 is 23.9 Å². The molecule has 0 aromatic heterocycles. The van der Waals surface area contributed by atoms with E-state index in [-0.39, 0.29) is 0 Å². The number of nitrogens with one attached hydrogen (secondary N) is 2. The molecule has 2 rings (SSSR count). The minimum absolute atomic E-state index is 0.370. The number of esters is 1. The largest absolute Gasteiger partial charge is 0.479 e. The molecule has 2 N–H and O–H groups in total. The average Bonchev–Trinajstić information content (AvgIpc) is 2.72. The van der Waals surface area contributed by atoms with Gasteiger partial charge < -0.3 is 14.8 Å². The van der Waals surface area contributed by atoms with Crippen molar-refractivity contribution in [3.63, 3.8) is 0 Å². The van der Waals surface area contributed by atoms with Gasteiger partial charge in [0.05, 0.1) is 11.6 Å². The Morgan fingerprint density at radius 3 is 2.25 bits per heavy atom. The number of imide groups is 1. The number of hydrogen-bond donors (Lipinski definition) is 2. The molecule has 0 fully saturated rings. The first-order valence-electron chi connectivity index (χ1n) is 8.39. The SMILES string of the molecule is CNC(=O)NC(=O)[C@H](OC(=O)[C@@H](C)Oc1ccc(C#N)cc1)c1ccccc1. The van der Waals surface area contributed by atoms with Crippen LogP contribution in [0.3, 0.4) is 0 Å². The molecule has 8 heteroatoms. The lowest BCUT2D eigenvalue weighted by molar-refractivity contribution is -0.162. The van der Waals surface area contributed by atoms with Crippen LogP contribution in [0.5, 0.6) is 5.75 Å². The van der Waals surface area contributed by atoms with E-state index in [4.69, 9.17) is 14.7 Å². The summed E-state index contributed by atoms with van der Waals surface area (Å²) in [5.41, 5.74) is 0.861. The first kappa shape index (κ1) is 20.5. The Morgan fingerprint density at radius 2 is 1.68 bits per heavy atom. The Hall–Kier alpha value is -3.86. The minimum atomic E-state index is -1.32. The van der Waals surface area contributed by atoms with Crippen molar-refractivity contribution in [1.29, 1.82) is 5.26 Å². The van der Waals surface area contributed by atoms with Crippen LogP contribution in [0.25, 0.3) is 0 Å². The lowest BCUT2D eigenvalue weighted by atomic mass is 10.1. The van der Waals surface area contributed by atoms with Crippen molar-refractivity contribution >= 4 is 17.9 Å². The molecule has 3 amide bonds. The fourth-order valence-electron chi connectivity index (χ4n) is 2.21. The van der Waals surface area contributed by atoms with E-state index in [2.05, 4.69) is 10.6 Å². The average molecular weight is 381 g/mol. The van der Waals surface area contributed by atoms with Crippen LogP contribution in [-0.2, 0) is 14.3 Å². The molecule has 0 saturated carbocycles. The maximum atomic E-state index is 12.4. The molecule has 0 bridgehead atoms. The summed E-state index contributed by atoms with van der Waals surface area (Å²) in [6.07, 6.45) is -2.34. The van der Waals surface area contributed by atoms with Crippen molar-refractivity contribution in [2.75, 3.05) is 7.05 Å². The summed E-state index contributed by atoms with van der Waals surface area (Å²) in [5.74, 6) is -1.20. The van der Waals surface area contributed by atoms with Gasteiger partial charge in [-0.1, -0.05) is 30.3 Å². The summed E-state index contributed by atoms with van der Waals surface area (Å²) in [4.78, 5) is 36.3. The third-order valence-corrected chi connectivity index (χ3v) is 3.67. The van der Waals surface area contributed by atoms with Crippen LogP contribution in [0.15, 0.2) is 54.6 Å². The smallest absolute Gasteiger partial charge is 0.348 e. The predicted molar refractivity (Wildman–Crippen MR) is 99.1 cm³/mol. The molecule has 0 unspecified atom stereocenters. The molecular formula is C20H19N3O5. The number of urea groups is 1. The van der Waals surface area contributed by atoms with Crippen LogP contribution in [0, 0.1) is 11.3 Å². The van der Waals surface area contributed by atoms with Gasteiger partial charge in [-0.15, -0.1) is 0 Å². The van der Waals surface area contributed by atoms with Crippen molar-refractivity contribution in [3.8, 4) is 11.8 Å². The molecule has 0 aliphatic rings. The minimum Gasteiger partial charge on any atom is -0.479 e. The van der Waals surface area contributed by atoms with Gasteiger partial charge in [0, 0.05) is 12.6 Å². The number of amides is 3. The second-order valence-corrected chi connectivity index (χ2v) is 5.69. The maximum absolute atomic E-state index is 12.4.